The predicted molar refractivity (Wildman–Crippen MR) is 113 cm³/mol. The van der Waals surface area contributed by atoms with E-state index in [9.17, 15) is 18.0 Å². The highest BCUT2D eigenvalue weighted by Crippen LogP contribution is 2.19. The van der Waals surface area contributed by atoms with Crippen molar-refractivity contribution in [2.45, 2.75) is 36.2 Å². The minimum Gasteiger partial charge on any atom is -0.352 e. The minimum absolute atomic E-state index is 0.0764. The van der Waals surface area contributed by atoms with Gasteiger partial charge in [-0.3, -0.25) is 9.59 Å². The molecule has 2 aromatic carbocycles. The van der Waals surface area contributed by atoms with Crippen LogP contribution in [0.25, 0.3) is 0 Å². The van der Waals surface area contributed by atoms with Crippen LogP contribution < -0.4 is 15.4 Å². The van der Waals surface area contributed by atoms with E-state index in [4.69, 9.17) is 6.42 Å². The molecule has 3 N–H and O–H groups in total. The van der Waals surface area contributed by atoms with Crippen LogP contribution in [0.5, 0.6) is 0 Å². The third-order valence-corrected chi connectivity index (χ3v) is 6.00. The standard InChI is InChI=1S/C22H23N3O4S/c1-2-13-23-30(28,29)19-10-6-9-17(15-19)21(26)25-20(22(27)24-18-11-12-18)14-16-7-4-3-5-8-16/h1,3-10,15,18,20,23H,11-14H2,(H,24,27)(H,25,26). The first kappa shape index (κ1) is 21.6. The maximum atomic E-state index is 12.8. The van der Waals surface area contributed by atoms with Gasteiger partial charge < -0.3 is 10.6 Å². The molecule has 0 aromatic heterocycles. The monoisotopic (exact) mass is 425 g/mol. The molecule has 2 aromatic rings. The Hall–Kier alpha value is -3.15. The topological polar surface area (TPSA) is 104 Å². The number of terminal acetylenes is 1. The number of carbonyl (C=O) groups is 2. The highest BCUT2D eigenvalue weighted by Gasteiger charge is 2.29. The summed E-state index contributed by atoms with van der Waals surface area (Å²) in [6.07, 6.45) is 7.29. The van der Waals surface area contributed by atoms with E-state index in [1.165, 1.54) is 24.3 Å². The van der Waals surface area contributed by atoms with Gasteiger partial charge in [0.1, 0.15) is 6.04 Å². The maximum Gasteiger partial charge on any atom is 0.251 e. The van der Waals surface area contributed by atoms with Crippen molar-refractivity contribution < 1.29 is 18.0 Å². The van der Waals surface area contributed by atoms with Crippen LogP contribution in [0.4, 0.5) is 0 Å². The van der Waals surface area contributed by atoms with Crippen molar-refractivity contribution in [2.75, 3.05) is 6.54 Å². The lowest BCUT2D eigenvalue weighted by molar-refractivity contribution is -0.123. The number of hydrogen-bond donors (Lipinski definition) is 3. The fourth-order valence-corrected chi connectivity index (χ4v) is 3.83. The van der Waals surface area contributed by atoms with Crippen LogP contribution in [0.15, 0.2) is 59.5 Å². The Balaban J connectivity index is 1.77. The lowest BCUT2D eigenvalue weighted by Gasteiger charge is -2.19. The third-order valence-electron chi connectivity index (χ3n) is 4.60. The molecule has 1 aliphatic carbocycles. The molecule has 3 rings (SSSR count). The van der Waals surface area contributed by atoms with E-state index >= 15 is 0 Å². The van der Waals surface area contributed by atoms with Gasteiger partial charge in [-0.05, 0) is 36.6 Å². The molecule has 1 unspecified atom stereocenters. The van der Waals surface area contributed by atoms with Crippen molar-refractivity contribution in [3.05, 3.63) is 65.7 Å². The van der Waals surface area contributed by atoms with Gasteiger partial charge in [-0.2, -0.15) is 4.72 Å². The molecule has 0 radical (unpaired) electrons. The summed E-state index contributed by atoms with van der Waals surface area (Å²) in [5.41, 5.74) is 1.04. The molecule has 7 nitrogen and oxygen atoms in total. The Kier molecular flexibility index (Phi) is 6.87. The summed E-state index contributed by atoms with van der Waals surface area (Å²) in [5, 5.41) is 5.65. The molecular formula is C22H23N3O4S. The zero-order valence-corrected chi connectivity index (χ0v) is 17.1. The zero-order chi connectivity index (χ0) is 21.6. The van der Waals surface area contributed by atoms with E-state index in [0.717, 1.165) is 18.4 Å². The second-order valence-corrected chi connectivity index (χ2v) is 8.82. The summed E-state index contributed by atoms with van der Waals surface area (Å²) >= 11 is 0. The van der Waals surface area contributed by atoms with Gasteiger partial charge in [-0.15, -0.1) is 6.42 Å². The first-order valence-corrected chi connectivity index (χ1v) is 11.1. The molecule has 30 heavy (non-hydrogen) atoms. The molecule has 0 aliphatic heterocycles. The Morgan fingerprint density at radius 3 is 2.50 bits per heavy atom. The average molecular weight is 426 g/mol. The predicted octanol–water partition coefficient (Wildman–Crippen LogP) is 1.22. The van der Waals surface area contributed by atoms with Crippen molar-refractivity contribution in [1.82, 2.24) is 15.4 Å². The van der Waals surface area contributed by atoms with E-state index in [0.29, 0.717) is 6.42 Å². The maximum absolute atomic E-state index is 12.8. The zero-order valence-electron chi connectivity index (χ0n) is 16.3. The van der Waals surface area contributed by atoms with Crippen LogP contribution in [0.2, 0.25) is 0 Å². The molecule has 0 bridgehead atoms. The molecule has 0 heterocycles. The van der Waals surface area contributed by atoms with E-state index in [-0.39, 0.29) is 29.0 Å². The Labute approximate surface area is 176 Å². The lowest BCUT2D eigenvalue weighted by Crippen LogP contribution is -2.48. The Bertz CT molecular complexity index is 1060. The van der Waals surface area contributed by atoms with Crippen LogP contribution in [-0.4, -0.2) is 38.9 Å². The molecule has 0 saturated heterocycles. The lowest BCUT2D eigenvalue weighted by atomic mass is 10.0. The summed E-state index contributed by atoms with van der Waals surface area (Å²) in [7, 11) is -3.83. The summed E-state index contributed by atoms with van der Waals surface area (Å²) in [4.78, 5) is 25.4. The van der Waals surface area contributed by atoms with Gasteiger partial charge in [0.05, 0.1) is 11.4 Å². The van der Waals surface area contributed by atoms with Gasteiger partial charge in [0.2, 0.25) is 15.9 Å². The molecule has 1 fully saturated rings. The molecular weight excluding hydrogens is 402 g/mol. The number of carbonyl (C=O) groups excluding carboxylic acids is 2. The first-order valence-electron chi connectivity index (χ1n) is 9.57. The quantitative estimate of drug-likeness (QED) is 0.526. The van der Waals surface area contributed by atoms with Gasteiger partial charge in [0.15, 0.2) is 0 Å². The Morgan fingerprint density at radius 2 is 1.83 bits per heavy atom. The molecule has 1 saturated carbocycles. The van der Waals surface area contributed by atoms with Crippen LogP contribution in [-0.2, 0) is 21.2 Å². The summed E-state index contributed by atoms with van der Waals surface area (Å²) in [5.74, 6) is 1.41. The highest BCUT2D eigenvalue weighted by molar-refractivity contribution is 7.89. The summed E-state index contributed by atoms with van der Waals surface area (Å²) in [6, 6.07) is 14.3. The first-order chi connectivity index (χ1) is 14.4. The van der Waals surface area contributed by atoms with Gasteiger partial charge in [0, 0.05) is 18.0 Å². The summed E-state index contributed by atoms with van der Waals surface area (Å²) < 4.78 is 26.8. The van der Waals surface area contributed by atoms with Crippen molar-refractivity contribution >= 4 is 21.8 Å². The summed E-state index contributed by atoms with van der Waals surface area (Å²) in [6.45, 7) is -0.154. The average Bonchev–Trinajstić information content (AvgIpc) is 3.56. The SMILES string of the molecule is C#CCNS(=O)(=O)c1cccc(C(=O)NC(Cc2ccccc2)C(=O)NC2CC2)c1. The van der Waals surface area contributed by atoms with E-state index in [1.807, 2.05) is 30.3 Å². The van der Waals surface area contributed by atoms with Crippen LogP contribution in [0.3, 0.4) is 0 Å². The fourth-order valence-electron chi connectivity index (χ4n) is 2.85. The molecule has 1 aliphatic rings. The van der Waals surface area contributed by atoms with Gasteiger partial charge in [-0.25, -0.2) is 8.42 Å². The Morgan fingerprint density at radius 1 is 1.10 bits per heavy atom. The van der Waals surface area contributed by atoms with Gasteiger partial charge >= 0.3 is 0 Å². The number of rotatable bonds is 9. The van der Waals surface area contributed by atoms with Gasteiger partial charge in [-0.1, -0.05) is 42.3 Å². The second kappa shape index (κ2) is 9.57. The van der Waals surface area contributed by atoms with Crippen molar-refractivity contribution in [3.8, 4) is 12.3 Å². The molecule has 156 valence electrons. The van der Waals surface area contributed by atoms with Crippen LogP contribution in [0.1, 0.15) is 28.8 Å². The van der Waals surface area contributed by atoms with Crippen LogP contribution in [0, 0.1) is 12.3 Å². The van der Waals surface area contributed by atoms with Crippen LogP contribution >= 0.6 is 0 Å². The van der Waals surface area contributed by atoms with E-state index < -0.39 is 22.0 Å². The normalized spacial score (nSPS) is 14.4. The second-order valence-electron chi connectivity index (χ2n) is 7.06. The van der Waals surface area contributed by atoms with Gasteiger partial charge in [0.25, 0.3) is 5.91 Å². The van der Waals surface area contributed by atoms with E-state index in [2.05, 4.69) is 21.3 Å². The number of benzene rings is 2. The highest BCUT2D eigenvalue weighted by atomic mass is 32.2. The fraction of sp³-hybridized carbons (Fsp3) is 0.273. The largest absolute Gasteiger partial charge is 0.352 e. The van der Waals surface area contributed by atoms with Crippen molar-refractivity contribution in [2.24, 2.45) is 0 Å². The van der Waals surface area contributed by atoms with Crippen molar-refractivity contribution in [3.63, 3.8) is 0 Å². The number of sulfonamides is 1. The molecule has 2 amide bonds. The van der Waals surface area contributed by atoms with Crippen molar-refractivity contribution in [1.29, 1.82) is 0 Å². The number of hydrogen-bond acceptors (Lipinski definition) is 4. The third kappa shape index (κ3) is 5.92. The molecule has 8 heteroatoms. The number of amides is 2. The van der Waals surface area contributed by atoms with E-state index in [1.54, 1.807) is 0 Å². The molecule has 1 atom stereocenters. The smallest absolute Gasteiger partial charge is 0.251 e. The molecule has 0 spiro atoms. The minimum atomic E-state index is -3.83. The number of nitrogens with one attached hydrogen (secondary N) is 3.